The first-order valence-corrected chi connectivity index (χ1v) is 10.5. The minimum atomic E-state index is -0.692. The monoisotopic (exact) mass is 472 g/mol. The summed E-state index contributed by atoms with van der Waals surface area (Å²) in [5.41, 5.74) is 0.722. The zero-order valence-electron chi connectivity index (χ0n) is 17.7. The third kappa shape index (κ3) is 4.37. The van der Waals surface area contributed by atoms with Crippen LogP contribution < -0.4 is 14.8 Å². The molecule has 2 aliphatic heterocycles. The number of fused-ring (bicyclic) bond motifs is 1. The van der Waals surface area contributed by atoms with E-state index in [4.69, 9.17) is 25.8 Å². The van der Waals surface area contributed by atoms with Crippen LogP contribution in [0.5, 0.6) is 11.5 Å². The number of ketones is 1. The van der Waals surface area contributed by atoms with E-state index < -0.39 is 17.7 Å². The maximum Gasteiger partial charge on any atom is 0.337 e. The van der Waals surface area contributed by atoms with Crippen molar-refractivity contribution >= 4 is 34.9 Å². The van der Waals surface area contributed by atoms with E-state index in [1.807, 2.05) is 0 Å². The second-order valence-corrected chi connectivity index (χ2v) is 7.68. The molecule has 0 spiro atoms. The molecular weight excluding hydrogens is 452 g/mol. The number of β-amino-alcohol motifs (C(OH)–C–C–N with tert-alkyl or cyclic N) is 1. The van der Waals surface area contributed by atoms with Gasteiger partial charge in [0, 0.05) is 18.2 Å². The number of amides is 1. The van der Waals surface area contributed by atoms with Gasteiger partial charge in [0.2, 0.25) is 0 Å². The molecule has 0 atom stereocenters. The average molecular weight is 473 g/mol. The zero-order valence-corrected chi connectivity index (χ0v) is 18.5. The largest absolute Gasteiger partial charge is 0.486 e. The fourth-order valence-corrected chi connectivity index (χ4v) is 3.88. The Labute approximate surface area is 194 Å². The Morgan fingerprint density at radius 1 is 1.15 bits per heavy atom. The van der Waals surface area contributed by atoms with Gasteiger partial charge in [-0.2, -0.15) is 0 Å². The normalized spacial score (nSPS) is 15.0. The number of carbonyl (C=O) groups excluding carboxylic acids is 3. The fourth-order valence-electron chi connectivity index (χ4n) is 3.65. The quantitative estimate of drug-likeness (QED) is 0.464. The number of aliphatic hydroxyl groups is 1. The summed E-state index contributed by atoms with van der Waals surface area (Å²) >= 11 is 6.24. The predicted octanol–water partition coefficient (Wildman–Crippen LogP) is 2.02. The van der Waals surface area contributed by atoms with Crippen molar-refractivity contribution in [2.24, 2.45) is 0 Å². The van der Waals surface area contributed by atoms with Gasteiger partial charge < -0.3 is 29.5 Å². The molecule has 4 rings (SSSR count). The van der Waals surface area contributed by atoms with Crippen molar-refractivity contribution in [3.63, 3.8) is 0 Å². The van der Waals surface area contributed by atoms with Crippen LogP contribution in [0.3, 0.4) is 0 Å². The third-order valence-corrected chi connectivity index (χ3v) is 5.59. The van der Waals surface area contributed by atoms with E-state index in [1.165, 1.54) is 18.1 Å². The van der Waals surface area contributed by atoms with Crippen molar-refractivity contribution in [2.45, 2.75) is 0 Å². The summed E-state index contributed by atoms with van der Waals surface area (Å²) in [6.45, 7) is 0.382. The Hall–Kier alpha value is -3.56. The molecule has 2 aromatic rings. The van der Waals surface area contributed by atoms with Gasteiger partial charge in [-0.15, -0.1) is 0 Å². The maximum absolute atomic E-state index is 13.4. The molecular formula is C23H21ClN2O7. The lowest BCUT2D eigenvalue weighted by atomic mass is 10.00. The summed E-state index contributed by atoms with van der Waals surface area (Å²) < 4.78 is 16.1. The molecule has 1 amide bonds. The van der Waals surface area contributed by atoms with Gasteiger partial charge in [-0.3, -0.25) is 9.59 Å². The molecule has 172 valence electrons. The topological polar surface area (TPSA) is 114 Å². The van der Waals surface area contributed by atoms with Crippen LogP contribution in [0.4, 0.5) is 5.69 Å². The number of benzene rings is 2. The Kier molecular flexibility index (Phi) is 6.52. The number of carbonyl (C=O) groups is 3. The van der Waals surface area contributed by atoms with Crippen molar-refractivity contribution < 1.29 is 33.7 Å². The minimum Gasteiger partial charge on any atom is -0.486 e. The van der Waals surface area contributed by atoms with Crippen LogP contribution in [0.15, 0.2) is 47.7 Å². The number of hydrogen-bond acceptors (Lipinski definition) is 8. The molecule has 0 bridgehead atoms. The molecule has 9 nitrogen and oxygen atoms in total. The highest BCUT2D eigenvalue weighted by Crippen LogP contribution is 2.38. The summed E-state index contributed by atoms with van der Waals surface area (Å²) in [6, 6.07) is 9.66. The second kappa shape index (κ2) is 9.51. The van der Waals surface area contributed by atoms with Crippen LogP contribution in [0.2, 0.25) is 5.02 Å². The number of halogens is 1. The van der Waals surface area contributed by atoms with E-state index in [0.717, 1.165) is 0 Å². The number of anilines is 1. The first-order chi connectivity index (χ1) is 15.9. The summed E-state index contributed by atoms with van der Waals surface area (Å²) in [4.78, 5) is 40.0. The van der Waals surface area contributed by atoms with Crippen LogP contribution in [-0.2, 0) is 14.3 Å². The first-order valence-electron chi connectivity index (χ1n) is 10.2. The molecule has 33 heavy (non-hydrogen) atoms. The fraction of sp³-hybridized carbons (Fsp3) is 0.261. The molecule has 2 N–H and O–H groups in total. The zero-order chi connectivity index (χ0) is 23.5. The Morgan fingerprint density at radius 2 is 1.85 bits per heavy atom. The molecule has 0 aliphatic carbocycles. The minimum absolute atomic E-state index is 0.0350. The van der Waals surface area contributed by atoms with Crippen LogP contribution in [0.25, 0.3) is 0 Å². The van der Waals surface area contributed by atoms with E-state index in [1.54, 1.807) is 30.3 Å². The van der Waals surface area contributed by atoms with Gasteiger partial charge in [0.1, 0.15) is 18.9 Å². The van der Waals surface area contributed by atoms with Gasteiger partial charge in [-0.1, -0.05) is 23.7 Å². The highest BCUT2D eigenvalue weighted by atomic mass is 35.5. The standard InChI is InChI=1S/C23H21ClN2O7/c1-31-23(30)15-12-26(6-7-27)22(29)20(15)25-17-11-19-18(32-8-9-33-19)10-14(17)21(28)13-4-2-3-5-16(13)24/h2-5,10-11,25,27H,6-9,12H2,1H3. The number of nitrogens with zero attached hydrogens (tertiary/aromatic N) is 1. The summed E-state index contributed by atoms with van der Waals surface area (Å²) in [5, 5.41) is 12.5. The second-order valence-electron chi connectivity index (χ2n) is 7.27. The lowest BCUT2D eigenvalue weighted by Crippen LogP contribution is -2.31. The van der Waals surface area contributed by atoms with E-state index >= 15 is 0 Å². The van der Waals surface area contributed by atoms with E-state index in [9.17, 15) is 19.5 Å². The first kappa shape index (κ1) is 22.6. The number of esters is 1. The number of ether oxygens (including phenoxy) is 3. The number of nitrogens with one attached hydrogen (secondary N) is 1. The predicted molar refractivity (Wildman–Crippen MR) is 119 cm³/mol. The smallest absolute Gasteiger partial charge is 0.337 e. The van der Waals surface area contributed by atoms with E-state index in [-0.39, 0.29) is 52.8 Å². The molecule has 0 radical (unpaired) electrons. The lowest BCUT2D eigenvalue weighted by Gasteiger charge is -2.22. The van der Waals surface area contributed by atoms with Gasteiger partial charge >= 0.3 is 5.97 Å². The lowest BCUT2D eigenvalue weighted by molar-refractivity contribution is -0.136. The van der Waals surface area contributed by atoms with Gasteiger partial charge in [0.05, 0.1) is 42.1 Å². The molecule has 2 aromatic carbocycles. The van der Waals surface area contributed by atoms with E-state index in [2.05, 4.69) is 5.32 Å². The number of rotatable bonds is 7. The highest BCUT2D eigenvalue weighted by Gasteiger charge is 2.35. The molecule has 10 heteroatoms. The van der Waals surface area contributed by atoms with Crippen molar-refractivity contribution in [2.75, 3.05) is 45.3 Å². The molecule has 0 fully saturated rings. The van der Waals surface area contributed by atoms with Gasteiger partial charge in [0.15, 0.2) is 17.3 Å². The van der Waals surface area contributed by atoms with E-state index in [0.29, 0.717) is 24.7 Å². The third-order valence-electron chi connectivity index (χ3n) is 5.26. The van der Waals surface area contributed by atoms with Crippen molar-refractivity contribution in [3.05, 3.63) is 63.8 Å². The van der Waals surface area contributed by atoms with Crippen LogP contribution in [-0.4, -0.2) is 67.7 Å². The SMILES string of the molecule is COC(=O)C1=C(Nc2cc3c(cc2C(=O)c2ccccc2Cl)OCCO3)C(=O)N(CCO)C1. The highest BCUT2D eigenvalue weighted by molar-refractivity contribution is 6.35. The summed E-state index contributed by atoms with van der Waals surface area (Å²) in [6.07, 6.45) is 0. The average Bonchev–Trinajstić information content (AvgIpc) is 3.13. The number of methoxy groups -OCH3 is 1. The number of hydrogen-bond donors (Lipinski definition) is 2. The van der Waals surface area contributed by atoms with Crippen LogP contribution in [0.1, 0.15) is 15.9 Å². The van der Waals surface area contributed by atoms with Crippen molar-refractivity contribution in [3.8, 4) is 11.5 Å². The van der Waals surface area contributed by atoms with Crippen molar-refractivity contribution in [1.29, 1.82) is 0 Å². The van der Waals surface area contributed by atoms with Crippen molar-refractivity contribution in [1.82, 2.24) is 4.90 Å². The number of aliphatic hydroxyl groups excluding tert-OH is 1. The molecule has 0 aromatic heterocycles. The Balaban J connectivity index is 1.81. The molecule has 2 aliphatic rings. The van der Waals surface area contributed by atoms with Gasteiger partial charge in [-0.25, -0.2) is 4.79 Å². The maximum atomic E-state index is 13.4. The Morgan fingerprint density at radius 3 is 2.52 bits per heavy atom. The summed E-state index contributed by atoms with van der Waals surface area (Å²) in [5.74, 6) is -0.836. The molecule has 0 saturated carbocycles. The Bertz CT molecular complexity index is 1160. The summed E-state index contributed by atoms with van der Waals surface area (Å²) in [7, 11) is 1.21. The van der Waals surface area contributed by atoms with Crippen LogP contribution in [0, 0.1) is 0 Å². The van der Waals surface area contributed by atoms with Crippen LogP contribution >= 0.6 is 11.6 Å². The molecule has 2 heterocycles. The molecule has 0 saturated heterocycles. The van der Waals surface area contributed by atoms with Gasteiger partial charge in [-0.05, 0) is 18.2 Å². The molecule has 0 unspecified atom stereocenters. The van der Waals surface area contributed by atoms with Gasteiger partial charge in [0.25, 0.3) is 5.91 Å².